The fourth-order valence-electron chi connectivity index (χ4n) is 2.68. The lowest BCUT2D eigenvalue weighted by atomic mass is 10.2. The van der Waals surface area contributed by atoms with Crippen LogP contribution in [-0.2, 0) is 20.6 Å². The Hall–Kier alpha value is -2.84. The first-order valence-electron chi connectivity index (χ1n) is 9.13. The third-order valence-electron chi connectivity index (χ3n) is 4.13. The maximum Gasteiger partial charge on any atom is 0.261 e. The zero-order chi connectivity index (χ0) is 21.6. The normalized spacial score (nSPS) is 11.1. The van der Waals surface area contributed by atoms with Crippen LogP contribution in [0.25, 0.3) is 0 Å². The molecule has 0 fully saturated rings. The first-order chi connectivity index (χ1) is 14.3. The monoisotopic (exact) mass is 444 g/mol. The smallest absolute Gasteiger partial charge is 0.261 e. The van der Waals surface area contributed by atoms with Crippen LogP contribution in [0.4, 0.5) is 15.8 Å². The van der Waals surface area contributed by atoms with Gasteiger partial charge in [0, 0.05) is 17.1 Å². The first kappa shape index (κ1) is 21.9. The number of hydrogen-bond donors (Lipinski definition) is 2. The molecule has 1 amide bonds. The van der Waals surface area contributed by atoms with E-state index in [9.17, 15) is 17.6 Å². The SMILES string of the molecule is Cc1cccc(NS(=O)(=O)c2ccc(NC(=O)CSCc3ccc(F)cc3)cc2)c1. The van der Waals surface area contributed by atoms with Crippen molar-refractivity contribution < 1.29 is 17.6 Å². The van der Waals surface area contributed by atoms with Gasteiger partial charge < -0.3 is 5.32 Å². The van der Waals surface area contributed by atoms with E-state index in [4.69, 9.17) is 0 Å². The van der Waals surface area contributed by atoms with E-state index in [2.05, 4.69) is 10.0 Å². The van der Waals surface area contributed by atoms with Crippen molar-refractivity contribution in [2.24, 2.45) is 0 Å². The maximum absolute atomic E-state index is 12.9. The van der Waals surface area contributed by atoms with E-state index in [-0.39, 0.29) is 22.4 Å². The molecule has 0 heterocycles. The molecule has 0 aliphatic rings. The van der Waals surface area contributed by atoms with Gasteiger partial charge in [-0.05, 0) is 66.6 Å². The van der Waals surface area contributed by atoms with Gasteiger partial charge in [0.05, 0.1) is 10.6 Å². The van der Waals surface area contributed by atoms with E-state index in [1.807, 2.05) is 13.0 Å². The molecule has 0 aliphatic carbocycles. The van der Waals surface area contributed by atoms with Crippen LogP contribution in [0.2, 0.25) is 0 Å². The third kappa shape index (κ3) is 6.33. The average molecular weight is 445 g/mol. The molecule has 30 heavy (non-hydrogen) atoms. The number of anilines is 2. The van der Waals surface area contributed by atoms with Crippen molar-refractivity contribution in [3.8, 4) is 0 Å². The van der Waals surface area contributed by atoms with Gasteiger partial charge in [-0.25, -0.2) is 12.8 Å². The molecule has 8 heteroatoms. The highest BCUT2D eigenvalue weighted by Gasteiger charge is 2.14. The van der Waals surface area contributed by atoms with E-state index in [0.29, 0.717) is 17.1 Å². The molecule has 3 aromatic carbocycles. The molecule has 0 unspecified atom stereocenters. The van der Waals surface area contributed by atoms with Crippen molar-refractivity contribution >= 4 is 39.1 Å². The Labute approximate surface area is 179 Å². The van der Waals surface area contributed by atoms with Crippen LogP contribution in [-0.4, -0.2) is 20.1 Å². The largest absolute Gasteiger partial charge is 0.325 e. The number of amides is 1. The molecule has 3 aromatic rings. The topological polar surface area (TPSA) is 75.3 Å². The lowest BCUT2D eigenvalue weighted by Crippen LogP contribution is -2.15. The van der Waals surface area contributed by atoms with E-state index < -0.39 is 10.0 Å². The number of carbonyl (C=O) groups is 1. The van der Waals surface area contributed by atoms with Crippen molar-refractivity contribution in [2.45, 2.75) is 17.6 Å². The minimum atomic E-state index is -3.72. The van der Waals surface area contributed by atoms with Gasteiger partial charge in [0.25, 0.3) is 10.0 Å². The summed E-state index contributed by atoms with van der Waals surface area (Å²) < 4.78 is 40.5. The zero-order valence-electron chi connectivity index (χ0n) is 16.3. The van der Waals surface area contributed by atoms with E-state index >= 15 is 0 Å². The van der Waals surface area contributed by atoms with Crippen LogP contribution >= 0.6 is 11.8 Å². The van der Waals surface area contributed by atoms with Gasteiger partial charge in [-0.2, -0.15) is 0 Å². The van der Waals surface area contributed by atoms with Crippen LogP contribution in [0.1, 0.15) is 11.1 Å². The summed E-state index contributed by atoms with van der Waals surface area (Å²) in [6.45, 7) is 1.88. The van der Waals surface area contributed by atoms with Crippen LogP contribution in [0.3, 0.4) is 0 Å². The number of hydrogen-bond acceptors (Lipinski definition) is 4. The summed E-state index contributed by atoms with van der Waals surface area (Å²) in [5, 5.41) is 2.74. The molecule has 2 N–H and O–H groups in total. The average Bonchev–Trinajstić information content (AvgIpc) is 2.69. The minimum Gasteiger partial charge on any atom is -0.325 e. The summed E-state index contributed by atoms with van der Waals surface area (Å²) >= 11 is 1.41. The highest BCUT2D eigenvalue weighted by molar-refractivity contribution is 7.99. The fraction of sp³-hybridized carbons (Fsp3) is 0.136. The molecule has 3 rings (SSSR count). The van der Waals surface area contributed by atoms with Crippen LogP contribution in [0.15, 0.2) is 77.7 Å². The van der Waals surface area contributed by atoms with E-state index in [0.717, 1.165) is 11.1 Å². The maximum atomic E-state index is 12.9. The molecule has 0 spiro atoms. The second-order valence-electron chi connectivity index (χ2n) is 6.67. The van der Waals surface area contributed by atoms with Gasteiger partial charge in [0.15, 0.2) is 0 Å². The predicted octanol–water partition coefficient (Wildman–Crippen LogP) is 4.81. The van der Waals surface area contributed by atoms with Gasteiger partial charge in [-0.3, -0.25) is 9.52 Å². The predicted molar refractivity (Wildman–Crippen MR) is 120 cm³/mol. The van der Waals surface area contributed by atoms with Gasteiger partial charge in [0.1, 0.15) is 5.82 Å². The Balaban J connectivity index is 1.53. The quantitative estimate of drug-likeness (QED) is 0.523. The zero-order valence-corrected chi connectivity index (χ0v) is 17.9. The lowest BCUT2D eigenvalue weighted by molar-refractivity contribution is -0.113. The summed E-state index contributed by atoms with van der Waals surface area (Å²) in [4.78, 5) is 12.2. The fourth-order valence-corrected chi connectivity index (χ4v) is 4.52. The summed E-state index contributed by atoms with van der Waals surface area (Å²) in [5.41, 5.74) is 2.89. The van der Waals surface area contributed by atoms with Crippen molar-refractivity contribution in [3.63, 3.8) is 0 Å². The Morgan fingerprint density at radius 2 is 1.67 bits per heavy atom. The van der Waals surface area contributed by atoms with Crippen LogP contribution < -0.4 is 10.0 Å². The van der Waals surface area contributed by atoms with Crippen molar-refractivity contribution in [1.82, 2.24) is 0 Å². The number of aryl methyl sites for hydroxylation is 1. The standard InChI is InChI=1S/C22H21FN2O3S2/c1-16-3-2-4-20(13-16)25-30(27,28)21-11-9-19(10-12-21)24-22(26)15-29-14-17-5-7-18(23)8-6-17/h2-13,25H,14-15H2,1H3,(H,24,26). The Morgan fingerprint density at radius 1 is 0.967 bits per heavy atom. The first-order valence-corrected chi connectivity index (χ1v) is 11.8. The lowest BCUT2D eigenvalue weighted by Gasteiger charge is -2.10. The summed E-state index contributed by atoms with van der Waals surface area (Å²) in [6, 6.07) is 19.2. The highest BCUT2D eigenvalue weighted by Crippen LogP contribution is 2.19. The van der Waals surface area contributed by atoms with Gasteiger partial charge in [-0.15, -0.1) is 11.8 Å². The second-order valence-corrected chi connectivity index (χ2v) is 9.33. The number of nitrogens with one attached hydrogen (secondary N) is 2. The molecular formula is C22H21FN2O3S2. The summed E-state index contributed by atoms with van der Waals surface area (Å²) in [5.74, 6) is 0.332. The number of thioether (sulfide) groups is 1. The molecule has 0 saturated heterocycles. The molecule has 5 nitrogen and oxygen atoms in total. The number of carbonyl (C=O) groups excluding carboxylic acids is 1. The molecule has 0 aromatic heterocycles. The van der Waals surface area contributed by atoms with Crippen LogP contribution in [0.5, 0.6) is 0 Å². The van der Waals surface area contributed by atoms with Gasteiger partial charge in [0.2, 0.25) is 5.91 Å². The second kappa shape index (κ2) is 9.77. The molecule has 0 bridgehead atoms. The van der Waals surface area contributed by atoms with Gasteiger partial charge in [-0.1, -0.05) is 24.3 Å². The van der Waals surface area contributed by atoms with Crippen molar-refractivity contribution in [1.29, 1.82) is 0 Å². The molecule has 156 valence electrons. The molecule has 0 radical (unpaired) electrons. The Bertz CT molecular complexity index is 1120. The highest BCUT2D eigenvalue weighted by atomic mass is 32.2. The summed E-state index contributed by atoms with van der Waals surface area (Å²) in [7, 11) is -3.72. The van der Waals surface area contributed by atoms with E-state index in [1.165, 1.54) is 36.0 Å². The number of benzene rings is 3. The van der Waals surface area contributed by atoms with Crippen molar-refractivity contribution in [3.05, 3.63) is 89.7 Å². The molecule has 0 aliphatic heterocycles. The number of sulfonamides is 1. The molecule has 0 atom stereocenters. The third-order valence-corrected chi connectivity index (χ3v) is 6.53. The molecule has 0 saturated carbocycles. The summed E-state index contributed by atoms with van der Waals surface area (Å²) in [6.07, 6.45) is 0. The van der Waals surface area contributed by atoms with Crippen LogP contribution in [0, 0.1) is 12.7 Å². The van der Waals surface area contributed by atoms with E-state index in [1.54, 1.807) is 42.5 Å². The Kier molecular flexibility index (Phi) is 7.12. The van der Waals surface area contributed by atoms with Crippen molar-refractivity contribution in [2.75, 3.05) is 15.8 Å². The number of rotatable bonds is 8. The Morgan fingerprint density at radius 3 is 2.33 bits per heavy atom. The molecular weight excluding hydrogens is 423 g/mol. The van der Waals surface area contributed by atoms with Gasteiger partial charge >= 0.3 is 0 Å². The minimum absolute atomic E-state index is 0.104. The number of halogens is 1.